The van der Waals surface area contributed by atoms with Crippen molar-refractivity contribution in [2.75, 3.05) is 19.7 Å². The van der Waals surface area contributed by atoms with Gasteiger partial charge < -0.3 is 14.5 Å². The highest BCUT2D eigenvalue weighted by Gasteiger charge is 2.47. The smallest absolute Gasteiger partial charge is 0.246 e. The minimum atomic E-state index is -0.276. The van der Waals surface area contributed by atoms with Gasteiger partial charge in [0.15, 0.2) is 0 Å². The Hall–Kier alpha value is -1.10. The van der Waals surface area contributed by atoms with Gasteiger partial charge in [-0.25, -0.2) is 0 Å². The lowest BCUT2D eigenvalue weighted by Crippen LogP contribution is -2.63. The summed E-state index contributed by atoms with van der Waals surface area (Å²) in [4.78, 5) is 28.8. The third-order valence-electron chi connectivity index (χ3n) is 4.83. The predicted octanol–water partition coefficient (Wildman–Crippen LogP) is 1.17. The maximum atomic E-state index is 12.7. The zero-order valence-corrected chi connectivity index (χ0v) is 12.2. The zero-order chi connectivity index (χ0) is 14.1. The minimum Gasteiger partial charge on any atom is -0.376 e. The van der Waals surface area contributed by atoms with Crippen LogP contribution < -0.4 is 0 Å². The summed E-state index contributed by atoms with van der Waals surface area (Å²) in [5, 5.41) is 0. The van der Waals surface area contributed by atoms with Crippen LogP contribution in [0.15, 0.2) is 0 Å². The highest BCUT2D eigenvalue weighted by Crippen LogP contribution is 2.29. The topological polar surface area (TPSA) is 49.9 Å². The molecule has 2 amide bonds. The number of ether oxygens (including phenoxy) is 1. The number of hydrogen-bond donors (Lipinski definition) is 0. The first-order chi connectivity index (χ1) is 9.72. The number of hydrogen-bond acceptors (Lipinski definition) is 3. The molecule has 3 rings (SSSR count). The molecular weight excluding hydrogens is 256 g/mol. The Morgan fingerprint density at radius 1 is 1.15 bits per heavy atom. The molecule has 112 valence electrons. The molecule has 5 heteroatoms. The van der Waals surface area contributed by atoms with E-state index in [1.54, 1.807) is 4.90 Å². The second-order valence-corrected chi connectivity index (χ2v) is 6.09. The number of fused-ring (bicyclic) bond motifs is 1. The van der Waals surface area contributed by atoms with Gasteiger partial charge in [0.1, 0.15) is 12.1 Å². The van der Waals surface area contributed by atoms with E-state index in [1.807, 2.05) is 11.8 Å². The highest BCUT2D eigenvalue weighted by atomic mass is 16.5. The van der Waals surface area contributed by atoms with E-state index in [0.717, 1.165) is 45.3 Å². The molecule has 5 nitrogen and oxygen atoms in total. The van der Waals surface area contributed by atoms with E-state index in [-0.39, 0.29) is 30.0 Å². The van der Waals surface area contributed by atoms with Crippen LogP contribution in [0, 0.1) is 0 Å². The van der Waals surface area contributed by atoms with Crippen LogP contribution in [-0.4, -0.2) is 59.5 Å². The molecule has 0 radical (unpaired) electrons. The van der Waals surface area contributed by atoms with Gasteiger partial charge in [-0.05, 0) is 38.5 Å². The number of carbonyl (C=O) groups is 2. The lowest BCUT2D eigenvalue weighted by Gasteiger charge is -2.43. The third-order valence-corrected chi connectivity index (χ3v) is 4.83. The number of piperazine rings is 1. The lowest BCUT2D eigenvalue weighted by molar-refractivity contribution is -0.162. The molecule has 0 aliphatic carbocycles. The Balaban J connectivity index is 1.75. The fraction of sp³-hybridized carbons (Fsp3) is 0.867. The number of nitrogens with zero attached hydrogens (tertiary/aromatic N) is 2. The zero-order valence-electron chi connectivity index (χ0n) is 12.2. The predicted molar refractivity (Wildman–Crippen MR) is 74.1 cm³/mol. The van der Waals surface area contributed by atoms with Crippen molar-refractivity contribution in [2.45, 2.75) is 63.6 Å². The van der Waals surface area contributed by atoms with Gasteiger partial charge >= 0.3 is 0 Å². The molecule has 0 saturated carbocycles. The molecule has 0 aromatic rings. The van der Waals surface area contributed by atoms with E-state index in [0.29, 0.717) is 13.0 Å². The van der Waals surface area contributed by atoms with E-state index >= 15 is 0 Å². The summed E-state index contributed by atoms with van der Waals surface area (Å²) in [7, 11) is 0. The van der Waals surface area contributed by atoms with Gasteiger partial charge in [-0.2, -0.15) is 0 Å². The first-order valence-electron chi connectivity index (χ1n) is 7.95. The van der Waals surface area contributed by atoms with Crippen LogP contribution in [0.25, 0.3) is 0 Å². The van der Waals surface area contributed by atoms with E-state index in [1.165, 1.54) is 0 Å². The quantitative estimate of drug-likeness (QED) is 0.779. The molecule has 3 aliphatic rings. The van der Waals surface area contributed by atoms with Crippen LogP contribution in [0.1, 0.15) is 45.4 Å². The standard InChI is InChI=1S/C15H24N2O3/c1-2-12-14(18)16-8-5-7-13(16)15(19)17(12)10-11-6-3-4-9-20-11/h11-13H,2-10H2,1H3. The van der Waals surface area contributed by atoms with Gasteiger partial charge in [-0.1, -0.05) is 6.92 Å². The second-order valence-electron chi connectivity index (χ2n) is 6.09. The Morgan fingerprint density at radius 3 is 2.70 bits per heavy atom. The van der Waals surface area contributed by atoms with Gasteiger partial charge in [0.25, 0.3) is 0 Å². The largest absolute Gasteiger partial charge is 0.376 e. The Morgan fingerprint density at radius 2 is 2.00 bits per heavy atom. The molecule has 3 aliphatic heterocycles. The lowest BCUT2D eigenvalue weighted by atomic mass is 10.0. The second kappa shape index (κ2) is 5.72. The van der Waals surface area contributed by atoms with E-state index in [2.05, 4.69) is 0 Å². The molecule has 3 unspecified atom stereocenters. The van der Waals surface area contributed by atoms with Crippen molar-refractivity contribution in [3.8, 4) is 0 Å². The number of carbonyl (C=O) groups excluding carboxylic acids is 2. The Labute approximate surface area is 120 Å². The average molecular weight is 280 g/mol. The first-order valence-corrected chi connectivity index (χ1v) is 7.95. The summed E-state index contributed by atoms with van der Waals surface area (Å²) in [5.41, 5.74) is 0. The summed E-state index contributed by atoms with van der Waals surface area (Å²) in [6.45, 7) is 4.11. The summed E-state index contributed by atoms with van der Waals surface area (Å²) >= 11 is 0. The molecule has 0 bridgehead atoms. The summed E-state index contributed by atoms with van der Waals surface area (Å²) in [5.74, 6) is 0.286. The SMILES string of the molecule is CCC1C(=O)N2CCCC2C(=O)N1CC1CCCCO1. The van der Waals surface area contributed by atoms with Crippen molar-refractivity contribution < 1.29 is 14.3 Å². The van der Waals surface area contributed by atoms with Gasteiger partial charge in [0.2, 0.25) is 11.8 Å². The van der Waals surface area contributed by atoms with Crippen molar-refractivity contribution in [1.82, 2.24) is 9.80 Å². The van der Waals surface area contributed by atoms with E-state index in [4.69, 9.17) is 4.74 Å². The van der Waals surface area contributed by atoms with Crippen molar-refractivity contribution in [2.24, 2.45) is 0 Å². The molecule has 0 N–H and O–H groups in total. The van der Waals surface area contributed by atoms with Crippen LogP contribution in [0.5, 0.6) is 0 Å². The van der Waals surface area contributed by atoms with Gasteiger partial charge in [0.05, 0.1) is 6.10 Å². The molecule has 3 saturated heterocycles. The highest BCUT2D eigenvalue weighted by molar-refractivity contribution is 5.97. The molecule has 20 heavy (non-hydrogen) atoms. The van der Waals surface area contributed by atoms with Gasteiger partial charge in [0, 0.05) is 19.7 Å². The number of rotatable bonds is 3. The van der Waals surface area contributed by atoms with Crippen molar-refractivity contribution in [3.63, 3.8) is 0 Å². The number of amides is 2. The first kappa shape index (κ1) is 13.9. The molecular formula is C15H24N2O3. The third kappa shape index (κ3) is 2.32. The summed E-state index contributed by atoms with van der Waals surface area (Å²) < 4.78 is 5.75. The molecule has 0 aromatic carbocycles. The Kier molecular flexibility index (Phi) is 3.96. The van der Waals surface area contributed by atoms with E-state index in [9.17, 15) is 9.59 Å². The van der Waals surface area contributed by atoms with Crippen LogP contribution in [0.3, 0.4) is 0 Å². The van der Waals surface area contributed by atoms with Crippen molar-refractivity contribution in [3.05, 3.63) is 0 Å². The monoisotopic (exact) mass is 280 g/mol. The maximum absolute atomic E-state index is 12.7. The summed E-state index contributed by atoms with van der Waals surface area (Å²) in [6, 6.07) is -0.476. The van der Waals surface area contributed by atoms with Crippen LogP contribution in [0.2, 0.25) is 0 Å². The fourth-order valence-electron chi connectivity index (χ4n) is 3.74. The van der Waals surface area contributed by atoms with Gasteiger partial charge in [-0.3, -0.25) is 9.59 Å². The minimum absolute atomic E-state index is 0.113. The molecule has 3 heterocycles. The molecule has 3 fully saturated rings. The van der Waals surface area contributed by atoms with E-state index < -0.39 is 0 Å². The normalized spacial score (nSPS) is 34.5. The van der Waals surface area contributed by atoms with Gasteiger partial charge in [-0.15, -0.1) is 0 Å². The molecule has 0 aromatic heterocycles. The van der Waals surface area contributed by atoms with Crippen LogP contribution in [-0.2, 0) is 14.3 Å². The molecule has 0 spiro atoms. The average Bonchev–Trinajstić information content (AvgIpc) is 2.96. The Bertz CT molecular complexity index is 393. The van der Waals surface area contributed by atoms with Crippen molar-refractivity contribution in [1.29, 1.82) is 0 Å². The maximum Gasteiger partial charge on any atom is 0.246 e. The summed E-state index contributed by atoms with van der Waals surface area (Å²) in [6.07, 6.45) is 5.85. The van der Waals surface area contributed by atoms with Crippen LogP contribution in [0.4, 0.5) is 0 Å². The molecule has 3 atom stereocenters. The van der Waals surface area contributed by atoms with Crippen LogP contribution >= 0.6 is 0 Å². The fourth-order valence-corrected chi connectivity index (χ4v) is 3.74. The van der Waals surface area contributed by atoms with Crippen molar-refractivity contribution >= 4 is 11.8 Å².